The van der Waals surface area contributed by atoms with E-state index in [9.17, 15) is 4.79 Å². The van der Waals surface area contributed by atoms with Crippen molar-refractivity contribution in [2.24, 2.45) is 0 Å². The maximum absolute atomic E-state index is 13.1. The molecule has 0 aromatic heterocycles. The second kappa shape index (κ2) is 5.94. The van der Waals surface area contributed by atoms with E-state index in [1.54, 1.807) is 14.2 Å². The molecule has 0 aliphatic carbocycles. The molecule has 1 heterocycles. The first-order valence-electron chi connectivity index (χ1n) is 7.00. The van der Waals surface area contributed by atoms with Gasteiger partial charge in [0.15, 0.2) is 10.7 Å². The van der Waals surface area contributed by atoms with Crippen molar-refractivity contribution in [2.75, 3.05) is 14.2 Å². The Balaban J connectivity index is 2.27. The van der Waals surface area contributed by atoms with Crippen molar-refractivity contribution in [3.8, 4) is 5.75 Å². The van der Waals surface area contributed by atoms with Crippen LogP contribution in [-0.2, 0) is 10.3 Å². The van der Waals surface area contributed by atoms with Crippen LogP contribution < -0.4 is 10.1 Å². The average Bonchev–Trinajstić information content (AvgIpc) is 2.80. The molecule has 0 radical (unpaired) electrons. The number of likely N-dealkylation sites (N-methyl/N-ethyl adjacent to an activating group) is 1. The Morgan fingerprint density at radius 2 is 1.83 bits per heavy atom. The summed E-state index contributed by atoms with van der Waals surface area (Å²) in [6.07, 6.45) is 0. The zero-order valence-electron chi connectivity index (χ0n) is 12.7. The van der Waals surface area contributed by atoms with Crippen molar-refractivity contribution in [3.63, 3.8) is 0 Å². The van der Waals surface area contributed by atoms with Crippen molar-refractivity contribution >= 4 is 39.2 Å². The highest BCUT2D eigenvalue weighted by Crippen LogP contribution is 2.37. The first-order valence-corrected chi connectivity index (χ1v) is 8.20. The number of amides is 1. The molecule has 1 amide bonds. The van der Waals surface area contributed by atoms with Gasteiger partial charge in [-0.2, -0.15) is 0 Å². The van der Waals surface area contributed by atoms with Gasteiger partial charge in [-0.05, 0) is 47.6 Å². The Kier molecular flexibility index (Phi) is 4.12. The van der Waals surface area contributed by atoms with Crippen LogP contribution in [0.5, 0.6) is 5.75 Å². The van der Waals surface area contributed by atoms with E-state index >= 15 is 0 Å². The minimum atomic E-state index is -1.05. The number of thiocarbonyl (C=S) groups is 1. The van der Waals surface area contributed by atoms with Gasteiger partial charge in [0.05, 0.1) is 7.11 Å². The monoisotopic (exact) mass is 390 g/mol. The van der Waals surface area contributed by atoms with Crippen LogP contribution in [0.25, 0.3) is 0 Å². The molecule has 1 atom stereocenters. The van der Waals surface area contributed by atoms with E-state index in [0.29, 0.717) is 10.9 Å². The number of nitrogens with one attached hydrogen (secondary N) is 1. The number of methoxy groups -OCH3 is 1. The molecule has 3 rings (SSSR count). The van der Waals surface area contributed by atoms with E-state index in [4.69, 9.17) is 17.0 Å². The lowest BCUT2D eigenvalue weighted by Gasteiger charge is -2.28. The third-order valence-corrected chi connectivity index (χ3v) is 4.85. The average molecular weight is 391 g/mol. The zero-order chi connectivity index (χ0) is 16.6. The SMILES string of the molecule is COc1cccc(C2(c3cccc(Br)c3)NC(=S)N(C)C2=O)c1. The maximum Gasteiger partial charge on any atom is 0.263 e. The third kappa shape index (κ3) is 2.52. The summed E-state index contributed by atoms with van der Waals surface area (Å²) in [6.45, 7) is 0. The smallest absolute Gasteiger partial charge is 0.263 e. The predicted octanol–water partition coefficient (Wildman–Crippen LogP) is 3.05. The van der Waals surface area contributed by atoms with Crippen molar-refractivity contribution in [3.05, 3.63) is 64.1 Å². The van der Waals surface area contributed by atoms with Crippen LogP contribution in [0.1, 0.15) is 11.1 Å². The molecule has 4 nitrogen and oxygen atoms in total. The molecule has 0 spiro atoms. The summed E-state index contributed by atoms with van der Waals surface area (Å²) in [5.41, 5.74) is 0.549. The summed E-state index contributed by atoms with van der Waals surface area (Å²) < 4.78 is 6.21. The Labute approximate surface area is 148 Å². The number of hydrogen-bond donors (Lipinski definition) is 1. The molecule has 23 heavy (non-hydrogen) atoms. The highest BCUT2D eigenvalue weighted by molar-refractivity contribution is 9.10. The number of rotatable bonds is 3. The Morgan fingerprint density at radius 1 is 1.17 bits per heavy atom. The largest absolute Gasteiger partial charge is 0.497 e. The molecule has 1 unspecified atom stereocenters. The fourth-order valence-corrected chi connectivity index (χ4v) is 3.41. The summed E-state index contributed by atoms with van der Waals surface area (Å²) in [5, 5.41) is 3.61. The lowest BCUT2D eigenvalue weighted by Crippen LogP contribution is -2.44. The first kappa shape index (κ1) is 16.0. The number of benzene rings is 2. The van der Waals surface area contributed by atoms with Crippen LogP contribution >= 0.6 is 28.1 Å². The van der Waals surface area contributed by atoms with E-state index in [0.717, 1.165) is 15.6 Å². The van der Waals surface area contributed by atoms with Crippen LogP contribution in [0.15, 0.2) is 53.0 Å². The summed E-state index contributed by atoms with van der Waals surface area (Å²) in [7, 11) is 3.28. The van der Waals surface area contributed by atoms with E-state index in [1.807, 2.05) is 48.5 Å². The zero-order valence-corrected chi connectivity index (χ0v) is 15.1. The fraction of sp³-hybridized carbons (Fsp3) is 0.176. The summed E-state index contributed by atoms with van der Waals surface area (Å²) in [4.78, 5) is 14.5. The van der Waals surface area contributed by atoms with Gasteiger partial charge in [-0.25, -0.2) is 0 Å². The summed E-state index contributed by atoms with van der Waals surface area (Å²) >= 11 is 8.79. The van der Waals surface area contributed by atoms with Crippen molar-refractivity contribution < 1.29 is 9.53 Å². The molecule has 0 bridgehead atoms. The molecule has 118 valence electrons. The van der Waals surface area contributed by atoms with Crippen molar-refractivity contribution in [1.29, 1.82) is 0 Å². The minimum Gasteiger partial charge on any atom is -0.497 e. The maximum atomic E-state index is 13.1. The van der Waals surface area contributed by atoms with E-state index < -0.39 is 5.54 Å². The van der Waals surface area contributed by atoms with E-state index in [-0.39, 0.29) is 5.91 Å². The van der Waals surface area contributed by atoms with Gasteiger partial charge in [-0.1, -0.05) is 40.2 Å². The number of carbonyl (C=O) groups is 1. The van der Waals surface area contributed by atoms with Crippen LogP contribution in [0.4, 0.5) is 0 Å². The molecular weight excluding hydrogens is 376 g/mol. The number of ether oxygens (including phenoxy) is 1. The molecular formula is C17H15BrN2O2S. The molecule has 2 aromatic carbocycles. The number of nitrogens with zero attached hydrogens (tertiary/aromatic N) is 1. The number of halogens is 1. The molecule has 1 N–H and O–H groups in total. The first-order chi connectivity index (χ1) is 11.0. The van der Waals surface area contributed by atoms with E-state index in [2.05, 4.69) is 21.2 Å². The standard InChI is InChI=1S/C17H15BrN2O2S/c1-20-15(21)17(19-16(20)23,11-5-3-7-13(18)9-11)12-6-4-8-14(10-12)22-2/h3-10H,1-2H3,(H,19,23). The van der Waals surface area contributed by atoms with Crippen molar-refractivity contribution in [1.82, 2.24) is 10.2 Å². The number of carbonyl (C=O) groups excluding carboxylic acids is 1. The molecule has 1 aliphatic heterocycles. The van der Waals surface area contributed by atoms with Gasteiger partial charge in [-0.15, -0.1) is 0 Å². The van der Waals surface area contributed by atoms with Gasteiger partial charge >= 0.3 is 0 Å². The van der Waals surface area contributed by atoms with Crippen LogP contribution in [-0.4, -0.2) is 30.1 Å². The second-order valence-corrected chi connectivity index (χ2v) is 6.59. The van der Waals surface area contributed by atoms with Crippen molar-refractivity contribution in [2.45, 2.75) is 5.54 Å². The predicted molar refractivity (Wildman–Crippen MR) is 96.4 cm³/mol. The summed E-state index contributed by atoms with van der Waals surface area (Å²) in [6, 6.07) is 15.1. The molecule has 1 fully saturated rings. The highest BCUT2D eigenvalue weighted by atomic mass is 79.9. The topological polar surface area (TPSA) is 41.6 Å². The van der Waals surface area contributed by atoms with Gasteiger partial charge in [0.25, 0.3) is 5.91 Å². The number of hydrogen-bond acceptors (Lipinski definition) is 3. The van der Waals surface area contributed by atoms with Gasteiger partial charge in [0, 0.05) is 11.5 Å². The van der Waals surface area contributed by atoms with Crippen LogP contribution in [0.3, 0.4) is 0 Å². The normalized spacial score (nSPS) is 20.6. The Bertz CT molecular complexity index is 796. The van der Waals surface area contributed by atoms with Crippen LogP contribution in [0, 0.1) is 0 Å². The molecule has 0 saturated carbocycles. The minimum absolute atomic E-state index is 0.117. The Hall–Kier alpha value is -1.92. The third-order valence-electron chi connectivity index (χ3n) is 3.98. The lowest BCUT2D eigenvalue weighted by molar-refractivity contribution is -0.129. The van der Waals surface area contributed by atoms with Gasteiger partial charge in [0.1, 0.15) is 5.75 Å². The van der Waals surface area contributed by atoms with Gasteiger partial charge < -0.3 is 10.1 Å². The highest BCUT2D eigenvalue weighted by Gasteiger charge is 2.51. The van der Waals surface area contributed by atoms with Gasteiger partial charge in [-0.3, -0.25) is 9.69 Å². The molecule has 6 heteroatoms. The molecule has 2 aromatic rings. The van der Waals surface area contributed by atoms with Crippen LogP contribution in [0.2, 0.25) is 0 Å². The fourth-order valence-electron chi connectivity index (χ4n) is 2.78. The van der Waals surface area contributed by atoms with Gasteiger partial charge in [0.2, 0.25) is 0 Å². The Morgan fingerprint density at radius 3 is 2.39 bits per heavy atom. The molecule has 1 saturated heterocycles. The lowest BCUT2D eigenvalue weighted by atomic mass is 9.82. The second-order valence-electron chi connectivity index (χ2n) is 5.29. The quantitative estimate of drug-likeness (QED) is 0.817. The summed E-state index contributed by atoms with van der Waals surface area (Å²) in [5.74, 6) is 0.570. The molecule has 1 aliphatic rings. The van der Waals surface area contributed by atoms with E-state index in [1.165, 1.54) is 4.90 Å².